The van der Waals surface area contributed by atoms with E-state index in [-0.39, 0.29) is 29.0 Å². The molecule has 290 valence electrons. The van der Waals surface area contributed by atoms with E-state index < -0.39 is 5.60 Å². The van der Waals surface area contributed by atoms with Crippen LogP contribution in [0, 0.1) is 64.1 Å². The van der Waals surface area contributed by atoms with Gasteiger partial charge in [-0.1, -0.05) is 50.2 Å². The molecule has 0 bridgehead atoms. The van der Waals surface area contributed by atoms with Crippen molar-refractivity contribution in [1.82, 2.24) is 4.90 Å². The lowest BCUT2D eigenvalue weighted by Crippen LogP contribution is -2.67. The molecule has 15 atom stereocenters. The zero-order valence-corrected chi connectivity index (χ0v) is 33.1. The molecule has 54 heavy (non-hydrogen) atoms. The topological polar surface area (TPSA) is 81.0 Å². The monoisotopic (exact) mass is 731 g/mol. The predicted molar refractivity (Wildman–Crippen MR) is 216 cm³/mol. The number of benzene rings is 3. The van der Waals surface area contributed by atoms with Gasteiger partial charge in [0.2, 0.25) is 0 Å². The molecule has 2 saturated heterocycles. The van der Waals surface area contributed by atoms with Crippen molar-refractivity contribution in [3.8, 4) is 0 Å². The highest BCUT2D eigenvalue weighted by molar-refractivity contribution is 6.00. The number of carbonyl (C=O) groups is 1. The van der Waals surface area contributed by atoms with Crippen molar-refractivity contribution in [3.05, 3.63) is 59.7 Å². The number of piperidine rings is 2. The van der Waals surface area contributed by atoms with Gasteiger partial charge in [-0.3, -0.25) is 4.90 Å². The second-order valence-corrected chi connectivity index (χ2v) is 21.0. The van der Waals surface area contributed by atoms with Crippen LogP contribution in [0.25, 0.3) is 21.5 Å². The van der Waals surface area contributed by atoms with Crippen LogP contribution in [0.1, 0.15) is 109 Å². The van der Waals surface area contributed by atoms with Crippen molar-refractivity contribution in [2.24, 2.45) is 64.1 Å². The number of aldehydes is 1. The van der Waals surface area contributed by atoms with Gasteiger partial charge in [0.05, 0.1) is 17.8 Å². The molecule has 5 nitrogen and oxygen atoms in total. The van der Waals surface area contributed by atoms with E-state index in [1.165, 1.54) is 59.3 Å². The average Bonchev–Trinajstić information content (AvgIpc) is 3.74. The maximum Gasteiger partial charge on any atom is 0.124 e. The molecule has 10 rings (SSSR count). The molecule has 5 saturated carbocycles. The Morgan fingerprint density at radius 1 is 0.815 bits per heavy atom. The number of rotatable bonds is 5. The molecule has 0 amide bonds. The number of hydrogen-bond acceptors (Lipinski definition) is 5. The van der Waals surface area contributed by atoms with E-state index in [9.17, 15) is 20.1 Å². The van der Waals surface area contributed by atoms with Crippen LogP contribution in [0.5, 0.6) is 0 Å². The van der Waals surface area contributed by atoms with Crippen molar-refractivity contribution >= 4 is 27.8 Å². The number of nitrogens with zero attached hydrogens (tertiary/aromatic N) is 1. The van der Waals surface area contributed by atoms with Crippen molar-refractivity contribution in [2.75, 3.05) is 13.1 Å². The zero-order valence-electron chi connectivity index (χ0n) is 33.1. The Hall–Kier alpha value is -2.31. The number of fused-ring (bicyclic) bond motifs is 10. The summed E-state index contributed by atoms with van der Waals surface area (Å²) >= 11 is 0. The summed E-state index contributed by atoms with van der Waals surface area (Å²) in [5, 5.41) is 41.0. The Labute approximate surface area is 323 Å². The third-order valence-electron chi connectivity index (χ3n) is 18.3. The second-order valence-electron chi connectivity index (χ2n) is 21.0. The van der Waals surface area contributed by atoms with E-state index in [1.54, 1.807) is 0 Å². The molecule has 0 unspecified atom stereocenters. The molecule has 0 aromatic heterocycles. The average molecular weight is 732 g/mol. The van der Waals surface area contributed by atoms with E-state index in [2.05, 4.69) is 74.2 Å². The fraction of sp³-hybridized carbons (Fsp3) is 0.694. The summed E-state index contributed by atoms with van der Waals surface area (Å²) in [6.45, 7) is 9.45. The maximum absolute atomic E-state index is 12.2. The number of hydrogen-bond donors (Lipinski definition) is 3. The lowest BCUT2D eigenvalue weighted by molar-refractivity contribution is -0.180. The molecular formula is C49H65NO4. The molecule has 3 aromatic rings. The largest absolute Gasteiger partial charge is 0.393 e. The highest BCUT2D eigenvalue weighted by atomic mass is 16.3. The van der Waals surface area contributed by atoms with E-state index in [0.717, 1.165) is 76.2 Å². The van der Waals surface area contributed by atoms with Gasteiger partial charge in [0.1, 0.15) is 6.29 Å². The molecular weight excluding hydrogens is 667 g/mol. The lowest BCUT2D eigenvalue weighted by atomic mass is 9.46. The van der Waals surface area contributed by atoms with Gasteiger partial charge >= 0.3 is 0 Å². The van der Waals surface area contributed by atoms with Gasteiger partial charge in [-0.15, -0.1) is 0 Å². The highest BCUT2D eigenvalue weighted by Gasteiger charge is 2.67. The van der Waals surface area contributed by atoms with E-state index >= 15 is 0 Å². The maximum atomic E-state index is 12.2. The molecule has 2 aliphatic heterocycles. The van der Waals surface area contributed by atoms with Gasteiger partial charge in [-0.05, 0) is 199 Å². The highest BCUT2D eigenvalue weighted by Crippen LogP contribution is 2.70. The summed E-state index contributed by atoms with van der Waals surface area (Å²) in [5.41, 5.74) is 1.90. The smallest absolute Gasteiger partial charge is 0.124 e. The molecule has 0 radical (unpaired) electrons. The molecule has 7 fully saturated rings. The van der Waals surface area contributed by atoms with Gasteiger partial charge in [0.25, 0.3) is 0 Å². The number of aliphatic hydroxyl groups excluding tert-OH is 2. The Morgan fingerprint density at radius 2 is 1.69 bits per heavy atom. The predicted octanol–water partition coefficient (Wildman–Crippen LogP) is 8.76. The Kier molecular flexibility index (Phi) is 8.76. The van der Waals surface area contributed by atoms with Crippen LogP contribution in [-0.4, -0.2) is 63.4 Å². The van der Waals surface area contributed by atoms with Crippen LogP contribution in [-0.2, 0) is 17.6 Å². The normalized spacial score (nSPS) is 45.8. The number of carbonyl (C=O) groups excluding carboxylic acids is 1. The first-order chi connectivity index (χ1) is 26.0. The van der Waals surface area contributed by atoms with Gasteiger partial charge in [0.15, 0.2) is 0 Å². The van der Waals surface area contributed by atoms with Crippen molar-refractivity contribution in [2.45, 2.75) is 135 Å². The van der Waals surface area contributed by atoms with Gasteiger partial charge < -0.3 is 20.1 Å². The first-order valence-corrected chi connectivity index (χ1v) is 22.2. The Morgan fingerprint density at radius 3 is 2.54 bits per heavy atom. The SMILES string of the molecule is C[C@@H]1CC[C@H]2N(C1)C[C@H]1[C@H]3C[C@@H]4[C@@H](C[C@H](O)[C@@H]5C[C@@H](O)[C@@]6(CC[C@H](CCc7ccc8cc9cccc(CC=O)c9cc8c7)C6)C[C@]45C)[C@H]3CC[C@H]1[C@]2(C)O. The molecule has 5 heteroatoms. The molecule has 5 aliphatic carbocycles. The van der Waals surface area contributed by atoms with Crippen LogP contribution < -0.4 is 0 Å². The zero-order chi connectivity index (χ0) is 37.1. The third-order valence-corrected chi connectivity index (χ3v) is 18.3. The first-order valence-electron chi connectivity index (χ1n) is 22.2. The number of aryl methyl sites for hydroxylation is 1. The minimum atomic E-state index is -0.604. The van der Waals surface area contributed by atoms with E-state index in [4.69, 9.17) is 0 Å². The standard InChI is InChI=1S/C49H65NO4/c1-29-7-14-45-48(3,54)41-13-12-36-38(40(41)27-50(45)26-29)22-42-39(36)23-44(52)43-24-46(53)49(28-47(42,43)2)17-15-31(25-49)9-8-30-10-11-33-20-34-6-4-5-32(16-18-51)37(34)21-35(33)19-30/h4-6,10-11,18-21,29,31,36,38-46,52-54H,7-9,12-17,22-28H2,1-3H3/t29-,31+,36+,38+,39+,40+,41-,42-,43+,44+,45-,46-,47-,48+,49-/m1/s1. The van der Waals surface area contributed by atoms with Crippen LogP contribution in [0.2, 0.25) is 0 Å². The summed E-state index contributed by atoms with van der Waals surface area (Å²) in [7, 11) is 0. The van der Waals surface area contributed by atoms with Crippen LogP contribution in [0.3, 0.4) is 0 Å². The molecule has 7 aliphatic rings. The Bertz CT molecular complexity index is 1920. The quantitative estimate of drug-likeness (QED) is 0.181. The molecule has 3 aromatic carbocycles. The van der Waals surface area contributed by atoms with Crippen molar-refractivity contribution in [3.63, 3.8) is 0 Å². The van der Waals surface area contributed by atoms with Gasteiger partial charge in [-0.25, -0.2) is 0 Å². The van der Waals surface area contributed by atoms with Gasteiger partial charge in [-0.2, -0.15) is 0 Å². The fourth-order valence-electron chi connectivity index (χ4n) is 15.9. The van der Waals surface area contributed by atoms with Crippen LogP contribution in [0.4, 0.5) is 0 Å². The van der Waals surface area contributed by atoms with E-state index in [1.807, 2.05) is 0 Å². The molecule has 2 heterocycles. The summed E-state index contributed by atoms with van der Waals surface area (Å²) in [4.78, 5) is 14.1. The number of aliphatic hydroxyl groups is 3. The summed E-state index contributed by atoms with van der Waals surface area (Å²) in [6, 6.07) is 18.1. The molecule has 3 N–H and O–H groups in total. The van der Waals surface area contributed by atoms with Crippen LogP contribution >= 0.6 is 0 Å². The first kappa shape index (κ1) is 36.1. The second kappa shape index (κ2) is 13.1. The van der Waals surface area contributed by atoms with Crippen molar-refractivity contribution < 1.29 is 20.1 Å². The summed E-state index contributed by atoms with van der Waals surface area (Å²) in [6.07, 6.45) is 15.2. The summed E-state index contributed by atoms with van der Waals surface area (Å²) in [5.74, 6) is 5.02. The minimum absolute atomic E-state index is 0.0310. The fourth-order valence-corrected chi connectivity index (χ4v) is 15.9. The Balaban J connectivity index is 0.862. The van der Waals surface area contributed by atoms with E-state index in [0.29, 0.717) is 59.8 Å². The minimum Gasteiger partial charge on any atom is -0.393 e. The third kappa shape index (κ3) is 5.55. The lowest BCUT2D eigenvalue weighted by Gasteiger charge is -2.60. The molecule has 1 spiro atoms. The summed E-state index contributed by atoms with van der Waals surface area (Å²) < 4.78 is 0. The van der Waals surface area contributed by atoms with Crippen molar-refractivity contribution in [1.29, 1.82) is 0 Å². The van der Waals surface area contributed by atoms with Crippen LogP contribution in [0.15, 0.2) is 48.5 Å². The van der Waals surface area contributed by atoms with Gasteiger partial charge in [0, 0.05) is 25.6 Å².